The molecule has 5 heteroatoms. The number of benzene rings is 2. The summed E-state index contributed by atoms with van der Waals surface area (Å²) in [6.07, 6.45) is 0. The largest absolute Gasteiger partial charge is 0.389 e. The van der Waals surface area contributed by atoms with Crippen LogP contribution in [-0.4, -0.2) is 12.0 Å². The van der Waals surface area contributed by atoms with Gasteiger partial charge in [-0.2, -0.15) is 0 Å². The Labute approximate surface area is 121 Å². The van der Waals surface area contributed by atoms with Crippen LogP contribution < -0.4 is 10.6 Å². The maximum absolute atomic E-state index is 13.3. The topological polar surface area (TPSA) is 29.3 Å². The Morgan fingerprint density at radius 3 is 2.30 bits per heavy atom. The van der Waals surface area contributed by atoms with Gasteiger partial charge < -0.3 is 10.6 Å². The van der Waals surface area contributed by atoms with Crippen LogP contribution in [0.1, 0.15) is 11.1 Å². The van der Waals surface area contributed by atoms with Gasteiger partial charge in [0.15, 0.2) is 0 Å². The lowest BCUT2D eigenvalue weighted by molar-refractivity contribution is 0.626. The van der Waals surface area contributed by atoms with Crippen molar-refractivity contribution in [3.8, 4) is 0 Å². The molecule has 0 saturated heterocycles. The van der Waals surface area contributed by atoms with Gasteiger partial charge in [0, 0.05) is 24.8 Å². The Kier molecular flexibility index (Phi) is 4.29. The number of halogens is 2. The standard InChI is InChI=1S/C15H14F2N2S/c1-19(9-10-2-4-11(16)5-3-10)14-7-6-12(17)8-13(14)15(18)20/h2-8H,9H2,1H3,(H2,18,20). The van der Waals surface area contributed by atoms with Crippen LogP contribution in [0, 0.1) is 11.6 Å². The van der Waals surface area contributed by atoms with Crippen molar-refractivity contribution < 1.29 is 8.78 Å². The predicted molar refractivity (Wildman–Crippen MR) is 80.8 cm³/mol. The number of thiocarbonyl (C=S) groups is 1. The van der Waals surface area contributed by atoms with Crippen LogP contribution >= 0.6 is 12.2 Å². The van der Waals surface area contributed by atoms with Crippen molar-refractivity contribution in [3.63, 3.8) is 0 Å². The fraction of sp³-hybridized carbons (Fsp3) is 0.133. The fourth-order valence-corrected chi connectivity index (χ4v) is 2.15. The molecule has 0 aliphatic carbocycles. The zero-order valence-corrected chi connectivity index (χ0v) is 11.8. The average molecular weight is 292 g/mol. The molecule has 0 aliphatic heterocycles. The molecular formula is C15H14F2N2S. The highest BCUT2D eigenvalue weighted by Gasteiger charge is 2.11. The fourth-order valence-electron chi connectivity index (χ4n) is 1.99. The number of anilines is 1. The van der Waals surface area contributed by atoms with Crippen molar-refractivity contribution in [2.24, 2.45) is 5.73 Å². The number of nitrogens with zero attached hydrogens (tertiary/aromatic N) is 1. The van der Waals surface area contributed by atoms with Crippen LogP contribution in [0.25, 0.3) is 0 Å². The van der Waals surface area contributed by atoms with Gasteiger partial charge in [-0.25, -0.2) is 8.78 Å². The molecule has 2 aromatic carbocycles. The summed E-state index contributed by atoms with van der Waals surface area (Å²) >= 11 is 4.94. The maximum atomic E-state index is 13.3. The Hall–Kier alpha value is -2.01. The lowest BCUT2D eigenvalue weighted by Crippen LogP contribution is -2.21. The van der Waals surface area contributed by atoms with Gasteiger partial charge in [-0.15, -0.1) is 0 Å². The van der Waals surface area contributed by atoms with E-state index < -0.39 is 0 Å². The summed E-state index contributed by atoms with van der Waals surface area (Å²) in [7, 11) is 1.85. The molecule has 20 heavy (non-hydrogen) atoms. The van der Waals surface area contributed by atoms with E-state index in [1.165, 1.54) is 24.3 Å². The number of rotatable bonds is 4. The molecule has 2 N–H and O–H groups in total. The third-order valence-corrected chi connectivity index (χ3v) is 3.19. The van der Waals surface area contributed by atoms with Crippen molar-refractivity contribution in [2.45, 2.75) is 6.54 Å². The first kappa shape index (κ1) is 14.4. The summed E-state index contributed by atoms with van der Waals surface area (Å²) in [5.74, 6) is -0.659. The quantitative estimate of drug-likeness (QED) is 0.877. The number of hydrogen-bond acceptors (Lipinski definition) is 2. The second-order valence-corrected chi connectivity index (χ2v) is 4.95. The van der Waals surface area contributed by atoms with Crippen molar-refractivity contribution in [1.29, 1.82) is 0 Å². The van der Waals surface area contributed by atoms with Gasteiger partial charge in [0.2, 0.25) is 0 Å². The van der Waals surface area contributed by atoms with Crippen LogP contribution in [0.3, 0.4) is 0 Å². The smallest absolute Gasteiger partial charge is 0.124 e. The summed E-state index contributed by atoms with van der Waals surface area (Å²) in [4.78, 5) is 2.03. The molecule has 104 valence electrons. The molecule has 2 nitrogen and oxygen atoms in total. The molecule has 0 saturated carbocycles. The Morgan fingerprint density at radius 2 is 1.70 bits per heavy atom. The zero-order chi connectivity index (χ0) is 14.7. The Bertz CT molecular complexity index is 626. The summed E-state index contributed by atoms with van der Waals surface area (Å²) in [6, 6.07) is 10.5. The van der Waals surface area contributed by atoms with Gasteiger partial charge in [-0.3, -0.25) is 0 Å². The average Bonchev–Trinajstić information content (AvgIpc) is 2.41. The molecule has 0 bridgehead atoms. The first-order valence-electron chi connectivity index (χ1n) is 6.02. The second-order valence-electron chi connectivity index (χ2n) is 4.51. The molecular weight excluding hydrogens is 278 g/mol. The van der Waals surface area contributed by atoms with E-state index in [0.717, 1.165) is 11.3 Å². The maximum Gasteiger partial charge on any atom is 0.124 e. The highest BCUT2D eigenvalue weighted by Crippen LogP contribution is 2.22. The molecule has 0 radical (unpaired) electrons. The van der Waals surface area contributed by atoms with Crippen LogP contribution in [0.15, 0.2) is 42.5 Å². The molecule has 0 atom stereocenters. The van der Waals surface area contributed by atoms with Crippen molar-refractivity contribution >= 4 is 22.9 Å². The first-order chi connectivity index (χ1) is 9.47. The summed E-state index contributed by atoms with van der Waals surface area (Å²) < 4.78 is 26.1. The van der Waals surface area contributed by atoms with E-state index >= 15 is 0 Å². The minimum atomic E-state index is -0.383. The Morgan fingerprint density at radius 1 is 1.10 bits per heavy atom. The first-order valence-corrected chi connectivity index (χ1v) is 6.43. The molecule has 0 unspecified atom stereocenters. The lowest BCUT2D eigenvalue weighted by atomic mass is 10.1. The molecule has 0 aliphatic rings. The summed E-state index contributed by atoms with van der Waals surface area (Å²) in [5.41, 5.74) is 7.79. The van der Waals surface area contributed by atoms with Crippen LogP contribution in [0.2, 0.25) is 0 Å². The van der Waals surface area contributed by atoms with Gasteiger partial charge in [-0.05, 0) is 35.9 Å². The van der Waals surface area contributed by atoms with Crippen molar-refractivity contribution in [2.75, 3.05) is 11.9 Å². The Balaban J connectivity index is 2.27. The third kappa shape index (κ3) is 3.30. The van der Waals surface area contributed by atoms with Gasteiger partial charge in [0.1, 0.15) is 16.6 Å². The number of hydrogen-bond donors (Lipinski definition) is 1. The van der Waals surface area contributed by atoms with Gasteiger partial charge in [-0.1, -0.05) is 24.4 Å². The number of nitrogens with two attached hydrogens (primary N) is 1. The minimum Gasteiger partial charge on any atom is -0.389 e. The summed E-state index contributed by atoms with van der Waals surface area (Å²) in [6.45, 7) is 0.543. The molecule has 0 aromatic heterocycles. The normalized spacial score (nSPS) is 10.3. The van der Waals surface area contributed by atoms with E-state index in [2.05, 4.69) is 0 Å². The molecule has 2 aromatic rings. The summed E-state index contributed by atoms with van der Waals surface area (Å²) in [5, 5.41) is 0. The third-order valence-electron chi connectivity index (χ3n) is 2.97. The SMILES string of the molecule is CN(Cc1ccc(F)cc1)c1ccc(F)cc1C(N)=S. The van der Waals surface area contributed by atoms with Gasteiger partial charge >= 0.3 is 0 Å². The molecule has 0 spiro atoms. The van der Waals surface area contributed by atoms with Crippen LogP contribution in [0.5, 0.6) is 0 Å². The zero-order valence-electron chi connectivity index (χ0n) is 10.9. The molecule has 2 rings (SSSR count). The van der Waals surface area contributed by atoms with E-state index in [4.69, 9.17) is 18.0 Å². The monoisotopic (exact) mass is 292 g/mol. The molecule has 0 fully saturated rings. The lowest BCUT2D eigenvalue weighted by Gasteiger charge is -2.22. The molecule has 0 heterocycles. The van der Waals surface area contributed by atoms with Crippen LogP contribution in [-0.2, 0) is 6.54 Å². The predicted octanol–water partition coefficient (Wildman–Crippen LogP) is 3.24. The second kappa shape index (κ2) is 5.96. The van der Waals surface area contributed by atoms with Crippen molar-refractivity contribution in [1.82, 2.24) is 0 Å². The molecule has 0 amide bonds. The van der Waals surface area contributed by atoms with E-state index in [-0.39, 0.29) is 16.6 Å². The van der Waals surface area contributed by atoms with E-state index in [1.807, 2.05) is 11.9 Å². The van der Waals surface area contributed by atoms with Gasteiger partial charge in [0.25, 0.3) is 0 Å². The van der Waals surface area contributed by atoms with E-state index in [0.29, 0.717) is 12.1 Å². The van der Waals surface area contributed by atoms with E-state index in [9.17, 15) is 8.78 Å². The highest BCUT2D eigenvalue weighted by molar-refractivity contribution is 7.80. The highest BCUT2D eigenvalue weighted by atomic mass is 32.1. The van der Waals surface area contributed by atoms with Gasteiger partial charge in [0.05, 0.1) is 0 Å². The van der Waals surface area contributed by atoms with Crippen molar-refractivity contribution in [3.05, 3.63) is 65.2 Å². The van der Waals surface area contributed by atoms with Crippen LogP contribution in [0.4, 0.5) is 14.5 Å². The van der Waals surface area contributed by atoms with E-state index in [1.54, 1.807) is 18.2 Å². The minimum absolute atomic E-state index is 0.144.